The number of nitro benzene ring substituents is 1. The predicted octanol–water partition coefficient (Wildman–Crippen LogP) is 2.68. The van der Waals surface area contributed by atoms with Gasteiger partial charge in [0.15, 0.2) is 0 Å². The fourth-order valence-corrected chi connectivity index (χ4v) is 1.84. The average molecular weight is 260 g/mol. The molecule has 0 saturated carbocycles. The van der Waals surface area contributed by atoms with Gasteiger partial charge in [0.1, 0.15) is 5.69 Å². The molecule has 0 radical (unpaired) electrons. The van der Waals surface area contributed by atoms with E-state index >= 15 is 0 Å². The highest BCUT2D eigenvalue weighted by Crippen LogP contribution is 2.26. The Morgan fingerprint density at radius 3 is 2.47 bits per heavy atom. The number of nitrogens with zero attached hydrogens (tertiary/aromatic N) is 1. The van der Waals surface area contributed by atoms with Crippen molar-refractivity contribution in [2.24, 2.45) is 0 Å². The number of non-ortho nitro benzene ring substituents is 1. The van der Waals surface area contributed by atoms with Crippen LogP contribution in [0.15, 0.2) is 30.3 Å². The first-order chi connectivity index (χ1) is 9.02. The molecule has 0 aliphatic rings. The lowest BCUT2D eigenvalue weighted by atomic mass is 10.1. The zero-order chi connectivity index (χ0) is 14.0. The van der Waals surface area contributed by atoms with E-state index in [0.29, 0.717) is 5.69 Å². The highest BCUT2D eigenvalue weighted by atomic mass is 16.6. The Balaban J connectivity index is 2.39. The van der Waals surface area contributed by atoms with Gasteiger partial charge in [-0.15, -0.1) is 0 Å². The van der Waals surface area contributed by atoms with Crippen LogP contribution in [0.25, 0.3) is 11.1 Å². The van der Waals surface area contributed by atoms with Crippen LogP contribution in [0.3, 0.4) is 0 Å². The Labute approximate surface area is 109 Å². The zero-order valence-electron chi connectivity index (χ0n) is 10.5. The van der Waals surface area contributed by atoms with Crippen LogP contribution in [0.4, 0.5) is 5.69 Å². The number of hydrogen-bond acceptors (Lipinski definition) is 4. The lowest BCUT2D eigenvalue weighted by Gasteiger charge is -1.99. The van der Waals surface area contributed by atoms with Gasteiger partial charge in [0.25, 0.3) is 5.69 Å². The molecule has 1 heterocycles. The van der Waals surface area contributed by atoms with Crippen molar-refractivity contribution in [1.29, 1.82) is 0 Å². The maximum Gasteiger partial charge on any atom is 0.354 e. The van der Waals surface area contributed by atoms with Crippen molar-refractivity contribution < 1.29 is 14.5 Å². The summed E-state index contributed by atoms with van der Waals surface area (Å²) in [5.41, 5.74) is 2.80. The van der Waals surface area contributed by atoms with Crippen molar-refractivity contribution >= 4 is 11.7 Å². The van der Waals surface area contributed by atoms with E-state index in [1.807, 2.05) is 6.92 Å². The number of aromatic amines is 1. The lowest BCUT2D eigenvalue weighted by Crippen LogP contribution is -2.00. The van der Waals surface area contributed by atoms with Gasteiger partial charge in [0.2, 0.25) is 0 Å². The van der Waals surface area contributed by atoms with Crippen LogP contribution in [0.5, 0.6) is 0 Å². The minimum atomic E-state index is -0.451. The maximum atomic E-state index is 11.4. The van der Waals surface area contributed by atoms with Gasteiger partial charge < -0.3 is 9.72 Å². The van der Waals surface area contributed by atoms with Crippen LogP contribution >= 0.6 is 0 Å². The van der Waals surface area contributed by atoms with E-state index in [1.165, 1.54) is 19.2 Å². The van der Waals surface area contributed by atoms with Crippen molar-refractivity contribution in [3.8, 4) is 11.1 Å². The zero-order valence-corrected chi connectivity index (χ0v) is 10.5. The Bertz CT molecular complexity index is 629. The van der Waals surface area contributed by atoms with E-state index < -0.39 is 10.9 Å². The first kappa shape index (κ1) is 12.8. The summed E-state index contributed by atoms with van der Waals surface area (Å²) in [6.07, 6.45) is 0. The van der Waals surface area contributed by atoms with Crippen molar-refractivity contribution in [1.82, 2.24) is 4.98 Å². The SMILES string of the molecule is COC(=O)c1cc(-c2ccc([N+](=O)[O-])cc2)c(C)[nH]1. The molecule has 19 heavy (non-hydrogen) atoms. The highest BCUT2D eigenvalue weighted by Gasteiger charge is 2.13. The predicted molar refractivity (Wildman–Crippen MR) is 69.0 cm³/mol. The molecule has 2 aromatic rings. The average Bonchev–Trinajstić information content (AvgIpc) is 2.80. The van der Waals surface area contributed by atoms with Gasteiger partial charge in [-0.05, 0) is 30.7 Å². The molecule has 2 rings (SSSR count). The summed E-state index contributed by atoms with van der Waals surface area (Å²) in [5, 5.41) is 10.6. The normalized spacial score (nSPS) is 10.2. The number of H-pyrrole nitrogens is 1. The second-order valence-corrected chi connectivity index (χ2v) is 4.02. The Morgan fingerprint density at radius 1 is 1.32 bits per heavy atom. The minimum Gasteiger partial charge on any atom is -0.464 e. The smallest absolute Gasteiger partial charge is 0.354 e. The van der Waals surface area contributed by atoms with Crippen molar-refractivity contribution in [3.63, 3.8) is 0 Å². The molecule has 98 valence electrons. The summed E-state index contributed by atoms with van der Waals surface area (Å²) >= 11 is 0. The molecule has 0 saturated heterocycles. The van der Waals surface area contributed by atoms with Gasteiger partial charge in [-0.25, -0.2) is 4.79 Å². The van der Waals surface area contributed by atoms with Crippen LogP contribution < -0.4 is 0 Å². The van der Waals surface area contributed by atoms with Crippen molar-refractivity contribution in [3.05, 3.63) is 51.8 Å². The van der Waals surface area contributed by atoms with Crippen molar-refractivity contribution in [2.45, 2.75) is 6.92 Å². The monoisotopic (exact) mass is 260 g/mol. The molecule has 1 aromatic carbocycles. The third kappa shape index (κ3) is 2.47. The van der Waals surface area contributed by atoms with Gasteiger partial charge in [0.05, 0.1) is 12.0 Å². The van der Waals surface area contributed by atoms with Crippen LogP contribution in [0.1, 0.15) is 16.2 Å². The molecule has 1 aromatic heterocycles. The van der Waals surface area contributed by atoms with E-state index in [-0.39, 0.29) is 5.69 Å². The molecule has 0 unspecified atom stereocenters. The third-order valence-electron chi connectivity index (χ3n) is 2.81. The Hall–Kier alpha value is -2.63. The van der Waals surface area contributed by atoms with Crippen LogP contribution in [0, 0.1) is 17.0 Å². The molecule has 0 aliphatic carbocycles. The van der Waals surface area contributed by atoms with E-state index in [0.717, 1.165) is 16.8 Å². The van der Waals surface area contributed by atoms with E-state index in [1.54, 1.807) is 18.2 Å². The number of esters is 1. The minimum absolute atomic E-state index is 0.0325. The van der Waals surface area contributed by atoms with E-state index in [4.69, 9.17) is 0 Å². The van der Waals surface area contributed by atoms with Crippen LogP contribution in [-0.4, -0.2) is 23.0 Å². The van der Waals surface area contributed by atoms with Crippen LogP contribution in [0.2, 0.25) is 0 Å². The van der Waals surface area contributed by atoms with Gasteiger partial charge in [-0.1, -0.05) is 0 Å². The number of carbonyl (C=O) groups is 1. The second-order valence-electron chi connectivity index (χ2n) is 4.02. The lowest BCUT2D eigenvalue weighted by molar-refractivity contribution is -0.384. The molecule has 1 N–H and O–H groups in total. The van der Waals surface area contributed by atoms with Gasteiger partial charge in [-0.2, -0.15) is 0 Å². The van der Waals surface area contributed by atoms with E-state index in [9.17, 15) is 14.9 Å². The number of benzene rings is 1. The summed E-state index contributed by atoms with van der Waals surface area (Å²) in [4.78, 5) is 24.5. The standard InChI is InChI=1S/C13H12N2O4/c1-8-11(7-12(14-8)13(16)19-2)9-3-5-10(6-4-9)15(17)18/h3-7,14H,1-2H3. The molecule has 0 spiro atoms. The molecule has 0 bridgehead atoms. The number of aromatic nitrogens is 1. The fourth-order valence-electron chi connectivity index (χ4n) is 1.84. The van der Waals surface area contributed by atoms with Crippen molar-refractivity contribution in [2.75, 3.05) is 7.11 Å². The number of rotatable bonds is 3. The maximum absolute atomic E-state index is 11.4. The molecule has 6 nitrogen and oxygen atoms in total. The number of ether oxygens (including phenoxy) is 1. The number of aryl methyl sites for hydroxylation is 1. The summed E-state index contributed by atoms with van der Waals surface area (Å²) in [7, 11) is 1.31. The highest BCUT2D eigenvalue weighted by molar-refractivity contribution is 5.90. The fraction of sp³-hybridized carbons (Fsp3) is 0.154. The number of nitro groups is 1. The summed E-state index contributed by atoms with van der Waals surface area (Å²) in [5.74, 6) is -0.448. The van der Waals surface area contributed by atoms with Gasteiger partial charge >= 0.3 is 5.97 Å². The number of carbonyl (C=O) groups excluding carboxylic acids is 1. The quantitative estimate of drug-likeness (QED) is 0.522. The second kappa shape index (κ2) is 4.93. The summed E-state index contributed by atoms with van der Waals surface area (Å²) in [6.45, 7) is 1.82. The molecular weight excluding hydrogens is 248 g/mol. The van der Waals surface area contributed by atoms with Gasteiger partial charge in [0, 0.05) is 23.4 Å². The molecule has 0 amide bonds. The Kier molecular flexibility index (Phi) is 3.33. The number of nitrogens with one attached hydrogen (secondary N) is 1. The Morgan fingerprint density at radius 2 is 1.95 bits per heavy atom. The summed E-state index contributed by atoms with van der Waals surface area (Å²) in [6, 6.07) is 7.83. The number of hydrogen-bond donors (Lipinski definition) is 1. The first-order valence-electron chi connectivity index (χ1n) is 5.55. The molecular formula is C13H12N2O4. The third-order valence-corrected chi connectivity index (χ3v) is 2.81. The molecule has 0 atom stereocenters. The molecule has 6 heteroatoms. The molecule has 0 aliphatic heterocycles. The van der Waals surface area contributed by atoms with Crippen LogP contribution in [-0.2, 0) is 4.74 Å². The van der Waals surface area contributed by atoms with Gasteiger partial charge in [-0.3, -0.25) is 10.1 Å². The topological polar surface area (TPSA) is 85.2 Å². The largest absolute Gasteiger partial charge is 0.464 e. The first-order valence-corrected chi connectivity index (χ1v) is 5.55. The number of methoxy groups -OCH3 is 1. The summed E-state index contributed by atoms with van der Waals surface area (Å²) < 4.78 is 4.63. The molecule has 0 fully saturated rings. The van der Waals surface area contributed by atoms with E-state index in [2.05, 4.69) is 9.72 Å².